The molecule has 0 unspecified atom stereocenters. The molecule has 1 saturated heterocycles. The fraction of sp³-hybridized carbons (Fsp3) is 0.364. The van der Waals surface area contributed by atoms with E-state index in [1.807, 2.05) is 31.2 Å². The molecule has 1 aromatic carbocycles. The molecule has 0 spiro atoms. The molecule has 0 radical (unpaired) electrons. The third-order valence-corrected chi connectivity index (χ3v) is 5.33. The Bertz CT molecular complexity index is 1020. The lowest BCUT2D eigenvalue weighted by molar-refractivity contribution is 0.0906. The van der Waals surface area contributed by atoms with Gasteiger partial charge in [0, 0.05) is 12.6 Å². The van der Waals surface area contributed by atoms with Gasteiger partial charge in [-0.3, -0.25) is 14.5 Å². The minimum Gasteiger partial charge on any atom is -0.468 e. The van der Waals surface area contributed by atoms with Crippen molar-refractivity contribution in [1.29, 1.82) is 0 Å². The van der Waals surface area contributed by atoms with Crippen LogP contribution in [0.4, 0.5) is 0 Å². The summed E-state index contributed by atoms with van der Waals surface area (Å²) in [6.45, 7) is 4.38. The van der Waals surface area contributed by atoms with Crippen molar-refractivity contribution < 1.29 is 13.6 Å². The zero-order valence-corrected chi connectivity index (χ0v) is 15.9. The molecule has 3 heterocycles. The van der Waals surface area contributed by atoms with E-state index in [0.717, 1.165) is 43.7 Å². The van der Waals surface area contributed by atoms with E-state index in [1.165, 1.54) is 6.07 Å². The smallest absolute Gasteiger partial charge is 0.287 e. The van der Waals surface area contributed by atoms with Crippen LogP contribution in [0, 0.1) is 0 Å². The minimum absolute atomic E-state index is 0.0271. The van der Waals surface area contributed by atoms with Crippen molar-refractivity contribution in [2.24, 2.45) is 0 Å². The van der Waals surface area contributed by atoms with Gasteiger partial charge in [-0.15, -0.1) is 0 Å². The third kappa shape index (κ3) is 3.73. The van der Waals surface area contributed by atoms with Crippen molar-refractivity contribution in [3.63, 3.8) is 0 Å². The molecular formula is C22H24N2O4. The molecule has 6 nitrogen and oxygen atoms in total. The molecule has 2 aromatic heterocycles. The molecule has 0 saturated carbocycles. The second kappa shape index (κ2) is 8.02. The largest absolute Gasteiger partial charge is 0.468 e. The zero-order chi connectivity index (χ0) is 19.5. The second-order valence-electron chi connectivity index (χ2n) is 7.14. The van der Waals surface area contributed by atoms with Gasteiger partial charge >= 0.3 is 0 Å². The fourth-order valence-corrected chi connectivity index (χ4v) is 3.76. The summed E-state index contributed by atoms with van der Waals surface area (Å²) in [7, 11) is 0. The van der Waals surface area contributed by atoms with Gasteiger partial charge in [-0.1, -0.05) is 13.0 Å². The molecule has 1 atom stereocenters. The summed E-state index contributed by atoms with van der Waals surface area (Å²) in [4.78, 5) is 27.4. The van der Waals surface area contributed by atoms with E-state index in [0.29, 0.717) is 17.5 Å². The number of carbonyl (C=O) groups excluding carboxylic acids is 1. The standard InChI is InChI=1S/C22H24N2O4/c1-2-15-7-8-19-16(12-15)18(25)13-21(28-19)22(26)23-14-17(20-6-5-11-27-20)24-9-3-4-10-24/h5-8,11-13,17H,2-4,9-10,14H2,1H3,(H,23,26)/t17-/m0/s1. The molecule has 1 fully saturated rings. The average Bonchev–Trinajstić information content (AvgIpc) is 3.42. The number of furan rings is 1. The van der Waals surface area contributed by atoms with Crippen molar-refractivity contribution in [1.82, 2.24) is 10.2 Å². The number of fused-ring (bicyclic) bond motifs is 1. The molecule has 0 aliphatic carbocycles. The molecule has 1 N–H and O–H groups in total. The van der Waals surface area contributed by atoms with Crippen molar-refractivity contribution in [2.75, 3.05) is 19.6 Å². The molecule has 1 aliphatic rings. The Hall–Kier alpha value is -2.86. The Morgan fingerprint density at radius 1 is 1.21 bits per heavy atom. The lowest BCUT2D eigenvalue weighted by Crippen LogP contribution is -2.36. The number of likely N-dealkylation sites (tertiary alicyclic amines) is 1. The second-order valence-corrected chi connectivity index (χ2v) is 7.14. The number of nitrogens with one attached hydrogen (secondary N) is 1. The van der Waals surface area contributed by atoms with Gasteiger partial charge in [-0.05, 0) is 62.2 Å². The molecule has 4 rings (SSSR count). The molecule has 3 aromatic rings. The summed E-state index contributed by atoms with van der Waals surface area (Å²) in [5.74, 6) is 0.463. The normalized spacial score (nSPS) is 15.8. The number of carbonyl (C=O) groups is 1. The van der Waals surface area contributed by atoms with Crippen LogP contribution in [-0.2, 0) is 6.42 Å². The van der Waals surface area contributed by atoms with Crippen LogP contribution in [0.2, 0.25) is 0 Å². The number of benzene rings is 1. The maximum atomic E-state index is 12.7. The van der Waals surface area contributed by atoms with Gasteiger partial charge in [0.15, 0.2) is 11.2 Å². The van der Waals surface area contributed by atoms with E-state index >= 15 is 0 Å². The van der Waals surface area contributed by atoms with Crippen LogP contribution >= 0.6 is 0 Å². The summed E-state index contributed by atoms with van der Waals surface area (Å²) in [6, 6.07) is 10.5. The van der Waals surface area contributed by atoms with Crippen LogP contribution in [0.25, 0.3) is 11.0 Å². The highest BCUT2D eigenvalue weighted by Crippen LogP contribution is 2.25. The summed E-state index contributed by atoms with van der Waals surface area (Å²) < 4.78 is 11.3. The van der Waals surface area contributed by atoms with Gasteiger partial charge < -0.3 is 14.2 Å². The maximum absolute atomic E-state index is 12.7. The van der Waals surface area contributed by atoms with Gasteiger partial charge in [0.2, 0.25) is 0 Å². The number of hydrogen-bond acceptors (Lipinski definition) is 5. The van der Waals surface area contributed by atoms with E-state index in [2.05, 4.69) is 10.2 Å². The number of aryl methyl sites for hydroxylation is 1. The highest BCUT2D eigenvalue weighted by Gasteiger charge is 2.26. The first-order valence-electron chi connectivity index (χ1n) is 9.78. The Morgan fingerprint density at radius 3 is 2.75 bits per heavy atom. The first-order chi connectivity index (χ1) is 13.7. The van der Waals surface area contributed by atoms with Crippen LogP contribution < -0.4 is 10.7 Å². The van der Waals surface area contributed by atoms with E-state index in [9.17, 15) is 9.59 Å². The lowest BCUT2D eigenvalue weighted by atomic mass is 10.1. The Labute approximate surface area is 163 Å². The molecule has 28 heavy (non-hydrogen) atoms. The predicted octanol–water partition coefficient (Wildman–Crippen LogP) is 3.52. The van der Waals surface area contributed by atoms with Gasteiger partial charge in [-0.2, -0.15) is 0 Å². The van der Waals surface area contributed by atoms with Crippen LogP contribution in [0.1, 0.15) is 47.7 Å². The van der Waals surface area contributed by atoms with Gasteiger partial charge in [-0.25, -0.2) is 0 Å². The first kappa shape index (κ1) is 18.5. The van der Waals surface area contributed by atoms with Crippen LogP contribution in [-0.4, -0.2) is 30.4 Å². The molecule has 0 bridgehead atoms. The van der Waals surface area contributed by atoms with E-state index in [-0.39, 0.29) is 17.2 Å². The number of rotatable bonds is 6. The number of amides is 1. The zero-order valence-electron chi connectivity index (χ0n) is 15.9. The van der Waals surface area contributed by atoms with Gasteiger partial charge in [0.1, 0.15) is 11.3 Å². The van der Waals surface area contributed by atoms with Crippen molar-refractivity contribution in [3.8, 4) is 0 Å². The summed E-state index contributed by atoms with van der Waals surface area (Å²) in [6.07, 6.45) is 4.77. The van der Waals surface area contributed by atoms with Crippen molar-refractivity contribution in [3.05, 3.63) is 70.0 Å². The van der Waals surface area contributed by atoms with E-state index < -0.39 is 5.91 Å². The first-order valence-corrected chi connectivity index (χ1v) is 9.78. The minimum atomic E-state index is -0.394. The molecule has 6 heteroatoms. The number of hydrogen-bond donors (Lipinski definition) is 1. The van der Waals surface area contributed by atoms with E-state index in [1.54, 1.807) is 12.3 Å². The van der Waals surface area contributed by atoms with Crippen LogP contribution in [0.5, 0.6) is 0 Å². The molecular weight excluding hydrogens is 356 g/mol. The van der Waals surface area contributed by atoms with Crippen LogP contribution in [0.3, 0.4) is 0 Å². The summed E-state index contributed by atoms with van der Waals surface area (Å²) >= 11 is 0. The Balaban J connectivity index is 1.53. The quantitative estimate of drug-likeness (QED) is 0.708. The lowest BCUT2D eigenvalue weighted by Gasteiger charge is -2.25. The van der Waals surface area contributed by atoms with Gasteiger partial charge in [0.05, 0.1) is 17.7 Å². The average molecular weight is 380 g/mol. The SMILES string of the molecule is CCc1ccc2oc(C(=O)NC[C@@H](c3ccco3)N3CCCC3)cc(=O)c2c1. The predicted molar refractivity (Wildman–Crippen MR) is 106 cm³/mol. The molecule has 1 amide bonds. The fourth-order valence-electron chi connectivity index (χ4n) is 3.76. The molecule has 146 valence electrons. The summed E-state index contributed by atoms with van der Waals surface area (Å²) in [5, 5.41) is 3.41. The Kier molecular flexibility index (Phi) is 5.30. The molecule has 1 aliphatic heterocycles. The Morgan fingerprint density at radius 2 is 2.04 bits per heavy atom. The van der Waals surface area contributed by atoms with Gasteiger partial charge in [0.25, 0.3) is 5.91 Å². The van der Waals surface area contributed by atoms with Crippen molar-refractivity contribution >= 4 is 16.9 Å². The topological polar surface area (TPSA) is 75.7 Å². The third-order valence-electron chi connectivity index (χ3n) is 5.33. The van der Waals surface area contributed by atoms with Crippen molar-refractivity contribution in [2.45, 2.75) is 32.2 Å². The summed E-state index contributed by atoms with van der Waals surface area (Å²) in [5.41, 5.74) is 1.28. The monoisotopic (exact) mass is 380 g/mol. The maximum Gasteiger partial charge on any atom is 0.287 e. The van der Waals surface area contributed by atoms with Crippen LogP contribution in [0.15, 0.2) is 56.3 Å². The number of nitrogens with zero attached hydrogens (tertiary/aromatic N) is 1. The highest BCUT2D eigenvalue weighted by atomic mass is 16.3. The highest BCUT2D eigenvalue weighted by molar-refractivity contribution is 5.93. The van der Waals surface area contributed by atoms with E-state index in [4.69, 9.17) is 8.83 Å².